The van der Waals surface area contributed by atoms with Crippen molar-refractivity contribution in [1.29, 1.82) is 0 Å². The first kappa shape index (κ1) is 17.3. The number of hydrogen-bond acceptors (Lipinski definition) is 5. The maximum Gasteiger partial charge on any atom is 0.263 e. The van der Waals surface area contributed by atoms with Crippen molar-refractivity contribution in [1.82, 2.24) is 10.2 Å². The number of halogens is 1. The first-order valence-corrected chi connectivity index (χ1v) is 7.94. The van der Waals surface area contributed by atoms with Gasteiger partial charge in [0.15, 0.2) is 18.2 Å². The molecule has 0 aliphatic heterocycles. The summed E-state index contributed by atoms with van der Waals surface area (Å²) in [6.07, 6.45) is 0. The van der Waals surface area contributed by atoms with Crippen LogP contribution in [0.2, 0.25) is 0 Å². The lowest BCUT2D eigenvalue weighted by Gasteiger charge is -2.08. The van der Waals surface area contributed by atoms with Crippen molar-refractivity contribution in [2.24, 2.45) is 0 Å². The van der Waals surface area contributed by atoms with E-state index >= 15 is 0 Å². The maximum atomic E-state index is 12.9. The number of benzene rings is 2. The topological polar surface area (TPSA) is 76.1 Å². The van der Waals surface area contributed by atoms with Crippen molar-refractivity contribution in [2.45, 2.75) is 6.92 Å². The second-order valence-electron chi connectivity index (χ2n) is 5.59. The minimum atomic E-state index is -0.334. The molecule has 3 rings (SSSR count). The van der Waals surface area contributed by atoms with Crippen molar-refractivity contribution >= 4 is 23.2 Å². The summed E-state index contributed by atoms with van der Waals surface area (Å²) < 4.78 is 18.3. The van der Waals surface area contributed by atoms with E-state index in [1.807, 2.05) is 19.1 Å². The number of hydrogen-bond donors (Lipinski definition) is 2. The molecule has 0 bridgehead atoms. The minimum Gasteiger partial charge on any atom is -0.484 e. The van der Waals surface area contributed by atoms with Gasteiger partial charge in [-0.3, -0.25) is 4.79 Å². The highest BCUT2D eigenvalue weighted by Crippen LogP contribution is 2.15. The summed E-state index contributed by atoms with van der Waals surface area (Å²) in [4.78, 5) is 11.9. The maximum absolute atomic E-state index is 12.9. The van der Waals surface area contributed by atoms with Crippen molar-refractivity contribution in [2.75, 3.05) is 17.2 Å². The van der Waals surface area contributed by atoms with Crippen LogP contribution in [0.4, 0.5) is 21.7 Å². The smallest absolute Gasteiger partial charge is 0.263 e. The number of nitrogens with zero attached hydrogens (tertiary/aromatic N) is 2. The quantitative estimate of drug-likeness (QED) is 0.708. The molecular formula is C19H17FN4O2. The van der Waals surface area contributed by atoms with Crippen LogP contribution in [0.25, 0.3) is 0 Å². The first-order chi connectivity index (χ1) is 12.6. The molecule has 2 aromatic carbocycles. The summed E-state index contributed by atoms with van der Waals surface area (Å²) in [5.74, 6) is 0.764. The van der Waals surface area contributed by atoms with Gasteiger partial charge in [-0.15, -0.1) is 10.2 Å². The molecule has 3 aromatic rings. The van der Waals surface area contributed by atoms with Gasteiger partial charge < -0.3 is 15.4 Å². The fraction of sp³-hybridized carbons (Fsp3) is 0.105. The van der Waals surface area contributed by atoms with Gasteiger partial charge in [0.25, 0.3) is 5.91 Å². The molecule has 1 heterocycles. The predicted octanol–water partition coefficient (Wildman–Crippen LogP) is 3.69. The van der Waals surface area contributed by atoms with Gasteiger partial charge in [-0.2, -0.15) is 0 Å². The van der Waals surface area contributed by atoms with Crippen LogP contribution in [-0.2, 0) is 4.79 Å². The molecule has 132 valence electrons. The third-order valence-corrected chi connectivity index (χ3v) is 3.44. The summed E-state index contributed by atoms with van der Waals surface area (Å²) >= 11 is 0. The molecule has 0 atom stereocenters. The number of rotatable bonds is 6. The van der Waals surface area contributed by atoms with Gasteiger partial charge in [0, 0.05) is 5.69 Å². The molecule has 0 unspecified atom stereocenters. The Kier molecular flexibility index (Phi) is 5.38. The van der Waals surface area contributed by atoms with E-state index < -0.39 is 0 Å². The molecule has 0 aliphatic rings. The fourth-order valence-electron chi connectivity index (χ4n) is 2.11. The molecule has 0 saturated carbocycles. The van der Waals surface area contributed by atoms with E-state index in [1.165, 1.54) is 12.1 Å². The number of aryl methyl sites for hydroxylation is 1. The van der Waals surface area contributed by atoms with Gasteiger partial charge in [-0.25, -0.2) is 4.39 Å². The molecule has 0 saturated heterocycles. The number of aromatic nitrogens is 2. The third kappa shape index (κ3) is 5.01. The average molecular weight is 352 g/mol. The lowest BCUT2D eigenvalue weighted by Crippen LogP contribution is -2.21. The van der Waals surface area contributed by atoms with Crippen LogP contribution >= 0.6 is 0 Å². The zero-order valence-corrected chi connectivity index (χ0v) is 14.1. The molecule has 1 amide bonds. The Bertz CT molecular complexity index is 866. The Labute approximate surface area is 150 Å². The molecule has 0 fully saturated rings. The second-order valence-corrected chi connectivity index (χ2v) is 5.59. The number of ether oxygens (including phenoxy) is 1. The van der Waals surface area contributed by atoms with E-state index in [-0.39, 0.29) is 18.3 Å². The van der Waals surface area contributed by atoms with Gasteiger partial charge in [0.1, 0.15) is 11.6 Å². The minimum absolute atomic E-state index is 0.125. The van der Waals surface area contributed by atoms with E-state index in [4.69, 9.17) is 4.74 Å². The largest absolute Gasteiger partial charge is 0.484 e. The normalized spacial score (nSPS) is 10.2. The van der Waals surface area contributed by atoms with Crippen molar-refractivity contribution in [3.63, 3.8) is 0 Å². The zero-order chi connectivity index (χ0) is 18.4. The number of nitrogens with one attached hydrogen (secondary N) is 2. The fourth-order valence-corrected chi connectivity index (χ4v) is 2.11. The van der Waals surface area contributed by atoms with Gasteiger partial charge in [0.2, 0.25) is 0 Å². The van der Waals surface area contributed by atoms with E-state index in [0.717, 1.165) is 5.56 Å². The molecule has 0 radical (unpaired) electrons. The highest BCUT2D eigenvalue weighted by atomic mass is 19.1. The molecule has 6 nitrogen and oxygen atoms in total. The van der Waals surface area contributed by atoms with Crippen LogP contribution < -0.4 is 15.4 Å². The zero-order valence-electron chi connectivity index (χ0n) is 14.1. The highest BCUT2D eigenvalue weighted by Gasteiger charge is 2.06. The van der Waals surface area contributed by atoms with Crippen molar-refractivity contribution < 1.29 is 13.9 Å². The third-order valence-electron chi connectivity index (χ3n) is 3.44. The van der Waals surface area contributed by atoms with E-state index in [0.29, 0.717) is 23.1 Å². The summed E-state index contributed by atoms with van der Waals surface area (Å²) in [5, 5.41) is 13.5. The van der Waals surface area contributed by atoms with Crippen LogP contribution in [-0.4, -0.2) is 22.7 Å². The molecule has 0 spiro atoms. The lowest BCUT2D eigenvalue weighted by atomic mass is 10.2. The SMILES string of the molecule is Cc1ccc(OCC(=O)Nc2ccc(Nc3ccc(F)cc3)nn2)cc1. The molecule has 1 aromatic heterocycles. The summed E-state index contributed by atoms with van der Waals surface area (Å²) in [7, 11) is 0. The van der Waals surface area contributed by atoms with Crippen molar-refractivity contribution in [3.05, 3.63) is 72.0 Å². The first-order valence-electron chi connectivity index (χ1n) is 7.94. The van der Waals surface area contributed by atoms with Crippen LogP contribution in [0, 0.1) is 12.7 Å². The van der Waals surface area contributed by atoms with Gasteiger partial charge in [0.05, 0.1) is 0 Å². The second kappa shape index (κ2) is 8.06. The number of amides is 1. The summed E-state index contributed by atoms with van der Waals surface area (Å²) in [6.45, 7) is 1.85. The highest BCUT2D eigenvalue weighted by molar-refractivity contribution is 5.90. The molecular weight excluding hydrogens is 335 g/mol. The number of carbonyl (C=O) groups is 1. The van der Waals surface area contributed by atoms with Crippen LogP contribution in [0.15, 0.2) is 60.7 Å². The Morgan fingerprint density at radius 3 is 2.27 bits per heavy atom. The van der Waals surface area contributed by atoms with E-state index in [1.54, 1.807) is 36.4 Å². The Hall–Kier alpha value is -3.48. The van der Waals surface area contributed by atoms with E-state index in [2.05, 4.69) is 20.8 Å². The molecule has 26 heavy (non-hydrogen) atoms. The molecule has 0 aliphatic carbocycles. The summed E-state index contributed by atoms with van der Waals surface area (Å²) in [6, 6.07) is 16.6. The van der Waals surface area contributed by atoms with Gasteiger partial charge in [-0.1, -0.05) is 17.7 Å². The van der Waals surface area contributed by atoms with Crippen LogP contribution in [0.3, 0.4) is 0 Å². The van der Waals surface area contributed by atoms with Crippen LogP contribution in [0.5, 0.6) is 5.75 Å². The van der Waals surface area contributed by atoms with Gasteiger partial charge >= 0.3 is 0 Å². The summed E-state index contributed by atoms with van der Waals surface area (Å²) in [5.41, 5.74) is 1.80. The average Bonchev–Trinajstić information content (AvgIpc) is 2.65. The van der Waals surface area contributed by atoms with E-state index in [9.17, 15) is 9.18 Å². The molecule has 7 heteroatoms. The van der Waals surface area contributed by atoms with Crippen molar-refractivity contribution in [3.8, 4) is 5.75 Å². The molecule has 2 N–H and O–H groups in total. The lowest BCUT2D eigenvalue weighted by molar-refractivity contribution is -0.118. The monoisotopic (exact) mass is 352 g/mol. The van der Waals surface area contributed by atoms with Gasteiger partial charge in [-0.05, 0) is 55.5 Å². The Morgan fingerprint density at radius 2 is 1.62 bits per heavy atom. The number of anilines is 3. The Morgan fingerprint density at radius 1 is 0.962 bits per heavy atom. The predicted molar refractivity (Wildman–Crippen MR) is 97.0 cm³/mol. The Balaban J connectivity index is 1.50. The standard InChI is InChI=1S/C19H17FN4O2/c1-13-2-8-16(9-3-13)26-12-19(25)22-18-11-10-17(23-24-18)21-15-6-4-14(20)5-7-15/h2-11H,12H2,1H3,(H,21,23)(H,22,24,25). The van der Waals surface area contributed by atoms with Crippen LogP contribution in [0.1, 0.15) is 5.56 Å². The number of carbonyl (C=O) groups excluding carboxylic acids is 1.